The van der Waals surface area contributed by atoms with Crippen molar-refractivity contribution >= 4 is 33.4 Å². The molecule has 0 aromatic heterocycles. The van der Waals surface area contributed by atoms with Gasteiger partial charge in [0.25, 0.3) is 5.91 Å². The number of rotatable bonds is 3. The van der Waals surface area contributed by atoms with Gasteiger partial charge >= 0.3 is 0 Å². The van der Waals surface area contributed by atoms with Crippen molar-refractivity contribution in [3.8, 4) is 0 Å². The summed E-state index contributed by atoms with van der Waals surface area (Å²) in [6, 6.07) is 5.41. The Labute approximate surface area is 121 Å². The van der Waals surface area contributed by atoms with Gasteiger partial charge in [-0.05, 0) is 43.4 Å². The van der Waals surface area contributed by atoms with E-state index in [1.165, 1.54) is 19.3 Å². The highest BCUT2D eigenvalue weighted by Crippen LogP contribution is 2.30. The molecule has 0 saturated heterocycles. The van der Waals surface area contributed by atoms with Crippen LogP contribution in [-0.4, -0.2) is 17.3 Å². The van der Waals surface area contributed by atoms with Crippen LogP contribution in [0.5, 0.6) is 0 Å². The number of carbonyl (C=O) groups is 1. The number of carbonyl (C=O) groups excluding carboxylic acids is 1. The van der Waals surface area contributed by atoms with Crippen LogP contribution in [0.3, 0.4) is 0 Å². The summed E-state index contributed by atoms with van der Waals surface area (Å²) < 4.78 is 0. The zero-order valence-electron chi connectivity index (χ0n) is 10.4. The monoisotopic (exact) mass is 329 g/mol. The summed E-state index contributed by atoms with van der Waals surface area (Å²) in [4.78, 5) is 12.6. The fourth-order valence-electron chi connectivity index (χ4n) is 2.38. The molecule has 1 aliphatic rings. The Balaban J connectivity index is 1.97. The molecule has 1 aromatic rings. The topological polar surface area (TPSA) is 29.1 Å². The van der Waals surface area contributed by atoms with Gasteiger partial charge in [-0.1, -0.05) is 40.0 Å². The average Bonchev–Trinajstić information content (AvgIpc) is 2.75. The zero-order valence-corrected chi connectivity index (χ0v) is 12.7. The van der Waals surface area contributed by atoms with Crippen LogP contribution in [0.1, 0.15) is 35.2 Å². The molecule has 0 spiro atoms. The number of benzene rings is 1. The maximum absolute atomic E-state index is 12.1. The molecule has 2 nitrogen and oxygen atoms in total. The van der Waals surface area contributed by atoms with E-state index < -0.39 is 0 Å². The predicted molar refractivity (Wildman–Crippen MR) is 78.6 cm³/mol. The summed E-state index contributed by atoms with van der Waals surface area (Å²) in [6.07, 6.45) is 3.63. The minimum atomic E-state index is -0.0263. The molecule has 2 rings (SSSR count). The van der Waals surface area contributed by atoms with Gasteiger partial charge in [0.2, 0.25) is 0 Å². The van der Waals surface area contributed by atoms with E-state index in [0.717, 1.165) is 12.1 Å². The van der Waals surface area contributed by atoms with Crippen molar-refractivity contribution in [2.45, 2.75) is 31.0 Å². The van der Waals surface area contributed by atoms with Gasteiger partial charge in [0, 0.05) is 22.0 Å². The van der Waals surface area contributed by atoms with Crippen LogP contribution in [0.2, 0.25) is 5.02 Å². The van der Waals surface area contributed by atoms with Crippen LogP contribution in [0.25, 0.3) is 0 Å². The van der Waals surface area contributed by atoms with Crippen LogP contribution < -0.4 is 5.32 Å². The fourth-order valence-corrected chi connectivity index (χ4v) is 3.33. The van der Waals surface area contributed by atoms with E-state index in [2.05, 4.69) is 21.2 Å². The molecule has 1 N–H and O–H groups in total. The van der Waals surface area contributed by atoms with E-state index in [-0.39, 0.29) is 5.91 Å². The number of amides is 1. The number of hydrogen-bond acceptors (Lipinski definition) is 1. The van der Waals surface area contributed by atoms with E-state index in [9.17, 15) is 4.79 Å². The molecular formula is C14H17BrClNO. The summed E-state index contributed by atoms with van der Waals surface area (Å²) in [5.41, 5.74) is 1.63. The Morgan fingerprint density at radius 1 is 1.50 bits per heavy atom. The van der Waals surface area contributed by atoms with Gasteiger partial charge in [-0.3, -0.25) is 4.79 Å². The van der Waals surface area contributed by atoms with Crippen molar-refractivity contribution in [3.05, 3.63) is 34.3 Å². The molecular weight excluding hydrogens is 314 g/mol. The van der Waals surface area contributed by atoms with Gasteiger partial charge in [-0.2, -0.15) is 0 Å². The van der Waals surface area contributed by atoms with Gasteiger partial charge in [0.15, 0.2) is 0 Å². The first-order valence-electron chi connectivity index (χ1n) is 6.26. The summed E-state index contributed by atoms with van der Waals surface area (Å²) in [5.74, 6) is 0.523. The van der Waals surface area contributed by atoms with E-state index in [4.69, 9.17) is 11.6 Å². The Kier molecular flexibility index (Phi) is 4.68. The second-order valence-corrected chi connectivity index (χ2v) is 6.49. The first-order valence-corrected chi connectivity index (χ1v) is 7.55. The van der Waals surface area contributed by atoms with E-state index >= 15 is 0 Å². The number of halogens is 2. The largest absolute Gasteiger partial charge is 0.352 e. The van der Waals surface area contributed by atoms with Gasteiger partial charge in [-0.25, -0.2) is 0 Å². The molecule has 4 heteroatoms. The second kappa shape index (κ2) is 6.07. The molecule has 0 radical (unpaired) electrons. The predicted octanol–water partition coefficient (Wildman–Crippen LogP) is 3.94. The molecule has 2 atom stereocenters. The lowest BCUT2D eigenvalue weighted by Crippen LogP contribution is -2.31. The minimum absolute atomic E-state index is 0.0263. The van der Waals surface area contributed by atoms with E-state index in [0.29, 0.717) is 21.3 Å². The van der Waals surface area contributed by atoms with Crippen LogP contribution in [0.15, 0.2) is 18.2 Å². The van der Waals surface area contributed by atoms with Crippen LogP contribution in [-0.2, 0) is 0 Å². The highest BCUT2D eigenvalue weighted by atomic mass is 79.9. The molecule has 0 aliphatic heterocycles. The van der Waals surface area contributed by atoms with Crippen molar-refractivity contribution in [2.75, 3.05) is 6.54 Å². The average molecular weight is 331 g/mol. The first-order chi connectivity index (χ1) is 8.58. The second-order valence-electron chi connectivity index (χ2n) is 4.88. The lowest BCUT2D eigenvalue weighted by Gasteiger charge is -2.15. The van der Waals surface area contributed by atoms with Gasteiger partial charge in [0.05, 0.1) is 0 Å². The number of alkyl halides is 1. The summed E-state index contributed by atoms with van der Waals surface area (Å²) in [7, 11) is 0. The Bertz CT molecular complexity index is 449. The highest BCUT2D eigenvalue weighted by molar-refractivity contribution is 9.09. The fraction of sp³-hybridized carbons (Fsp3) is 0.500. The molecule has 1 amide bonds. The van der Waals surface area contributed by atoms with Crippen molar-refractivity contribution in [1.82, 2.24) is 5.32 Å². The van der Waals surface area contributed by atoms with E-state index in [1.807, 2.05) is 13.0 Å². The minimum Gasteiger partial charge on any atom is -0.352 e. The van der Waals surface area contributed by atoms with Crippen molar-refractivity contribution in [1.29, 1.82) is 0 Å². The summed E-state index contributed by atoms with van der Waals surface area (Å²) in [6.45, 7) is 2.66. The Hall–Kier alpha value is -0.540. The maximum atomic E-state index is 12.1. The van der Waals surface area contributed by atoms with Crippen LogP contribution in [0, 0.1) is 12.8 Å². The molecule has 98 valence electrons. The molecule has 1 saturated carbocycles. The molecule has 1 fully saturated rings. The normalized spacial score (nSPS) is 23.1. The smallest absolute Gasteiger partial charge is 0.251 e. The third-order valence-electron chi connectivity index (χ3n) is 3.54. The van der Waals surface area contributed by atoms with Crippen molar-refractivity contribution in [3.63, 3.8) is 0 Å². The lowest BCUT2D eigenvalue weighted by molar-refractivity contribution is 0.0947. The lowest BCUT2D eigenvalue weighted by atomic mass is 10.1. The van der Waals surface area contributed by atoms with Crippen LogP contribution >= 0.6 is 27.5 Å². The SMILES string of the molecule is Cc1ccc(Cl)cc1C(=O)NCC1CCCC1Br. The number of nitrogens with one attached hydrogen (secondary N) is 1. The zero-order chi connectivity index (χ0) is 13.1. The Morgan fingerprint density at radius 2 is 2.28 bits per heavy atom. The van der Waals surface area contributed by atoms with Crippen LogP contribution in [0.4, 0.5) is 0 Å². The third kappa shape index (κ3) is 3.27. The third-order valence-corrected chi connectivity index (χ3v) is 4.98. The van der Waals surface area contributed by atoms with Gasteiger partial charge in [-0.15, -0.1) is 0 Å². The molecule has 2 unspecified atom stereocenters. The molecule has 0 bridgehead atoms. The number of hydrogen-bond donors (Lipinski definition) is 1. The molecule has 18 heavy (non-hydrogen) atoms. The van der Waals surface area contributed by atoms with Gasteiger partial charge in [0.1, 0.15) is 0 Å². The molecule has 1 aliphatic carbocycles. The maximum Gasteiger partial charge on any atom is 0.251 e. The standard InChI is InChI=1S/C14H17BrClNO/c1-9-5-6-11(16)7-12(9)14(18)17-8-10-3-2-4-13(10)15/h5-7,10,13H,2-4,8H2,1H3,(H,17,18). The van der Waals surface area contributed by atoms with Crippen molar-refractivity contribution < 1.29 is 4.79 Å². The van der Waals surface area contributed by atoms with E-state index in [1.54, 1.807) is 12.1 Å². The first kappa shape index (κ1) is 13.9. The molecule has 0 heterocycles. The Morgan fingerprint density at radius 3 is 2.94 bits per heavy atom. The van der Waals surface area contributed by atoms with Gasteiger partial charge < -0.3 is 5.32 Å². The quantitative estimate of drug-likeness (QED) is 0.836. The highest BCUT2D eigenvalue weighted by Gasteiger charge is 2.25. The summed E-state index contributed by atoms with van der Waals surface area (Å²) in [5, 5.41) is 3.61. The number of aryl methyl sites for hydroxylation is 1. The summed E-state index contributed by atoms with van der Waals surface area (Å²) >= 11 is 9.59. The van der Waals surface area contributed by atoms with Crippen molar-refractivity contribution in [2.24, 2.45) is 5.92 Å². The molecule has 1 aromatic carbocycles.